The van der Waals surface area contributed by atoms with E-state index in [1.165, 1.54) is 25.7 Å². The molecule has 1 aliphatic carbocycles. The molecule has 1 N–H and O–H groups in total. The molecule has 0 amide bonds. The summed E-state index contributed by atoms with van der Waals surface area (Å²) in [7, 11) is 0. The van der Waals surface area contributed by atoms with E-state index in [1.807, 2.05) is 25.6 Å². The molecule has 0 bridgehead atoms. The average Bonchev–Trinajstić information content (AvgIpc) is 2.94. The predicted octanol–water partition coefficient (Wildman–Crippen LogP) is 3.29. The fourth-order valence-electron chi connectivity index (χ4n) is 2.55. The van der Waals surface area contributed by atoms with Crippen LogP contribution in [0.2, 0.25) is 0 Å². The van der Waals surface area contributed by atoms with Crippen molar-refractivity contribution in [3.63, 3.8) is 0 Å². The van der Waals surface area contributed by atoms with Gasteiger partial charge in [-0.2, -0.15) is 16.7 Å². The van der Waals surface area contributed by atoms with Gasteiger partial charge in [-0.3, -0.25) is 4.79 Å². The molecular weight excluding hydrogens is 276 g/mol. The van der Waals surface area contributed by atoms with Gasteiger partial charge in [-0.25, -0.2) is 0 Å². The highest BCUT2D eigenvalue weighted by molar-refractivity contribution is 7.99. The Balaban J connectivity index is 1.83. The summed E-state index contributed by atoms with van der Waals surface area (Å²) in [6.07, 6.45) is 5.85. The lowest BCUT2D eigenvalue weighted by Gasteiger charge is -2.19. The smallest absolute Gasteiger partial charge is 0.303 e. The molecule has 0 aromatic carbocycles. The first-order chi connectivity index (χ1) is 9.44. The van der Waals surface area contributed by atoms with Crippen LogP contribution in [0.3, 0.4) is 0 Å². The molecule has 1 aromatic heterocycles. The average molecular weight is 298 g/mol. The molecule has 1 saturated carbocycles. The maximum absolute atomic E-state index is 10.8. The second kappa shape index (κ2) is 6.61. The van der Waals surface area contributed by atoms with E-state index in [4.69, 9.17) is 9.63 Å². The van der Waals surface area contributed by atoms with Gasteiger partial charge in [0.15, 0.2) is 5.82 Å². The molecular formula is C14H22N2O3S. The summed E-state index contributed by atoms with van der Waals surface area (Å²) in [6, 6.07) is 0. The Kier molecular flexibility index (Phi) is 5.07. The van der Waals surface area contributed by atoms with Crippen LogP contribution in [0.4, 0.5) is 0 Å². The first kappa shape index (κ1) is 15.4. The lowest BCUT2D eigenvalue weighted by Crippen LogP contribution is -2.19. The minimum atomic E-state index is -0.800. The molecule has 1 fully saturated rings. The van der Waals surface area contributed by atoms with Crippen LogP contribution in [0.1, 0.15) is 57.7 Å². The van der Waals surface area contributed by atoms with Crippen LogP contribution in [-0.4, -0.2) is 26.5 Å². The molecule has 0 radical (unpaired) electrons. The molecule has 0 spiro atoms. The molecule has 112 valence electrons. The van der Waals surface area contributed by atoms with E-state index in [1.54, 1.807) is 0 Å². The summed E-state index contributed by atoms with van der Waals surface area (Å²) >= 11 is 1.90. The highest BCUT2D eigenvalue weighted by Gasteiger charge is 2.25. The summed E-state index contributed by atoms with van der Waals surface area (Å²) < 4.78 is 5.23. The van der Waals surface area contributed by atoms with Crippen molar-refractivity contribution in [2.75, 3.05) is 0 Å². The number of carboxylic acids is 1. The Morgan fingerprint density at radius 1 is 1.45 bits per heavy atom. The van der Waals surface area contributed by atoms with E-state index in [0.717, 1.165) is 16.8 Å². The molecule has 5 nitrogen and oxygen atoms in total. The van der Waals surface area contributed by atoms with Crippen molar-refractivity contribution >= 4 is 17.7 Å². The van der Waals surface area contributed by atoms with Crippen LogP contribution in [0, 0.1) is 5.41 Å². The number of carboxylic acid groups (broad SMARTS) is 1. The molecule has 0 atom stereocenters. The van der Waals surface area contributed by atoms with Crippen LogP contribution in [0.25, 0.3) is 0 Å². The van der Waals surface area contributed by atoms with Crippen LogP contribution in [-0.2, 0) is 17.0 Å². The Morgan fingerprint density at radius 2 is 2.15 bits per heavy atom. The second-order valence-corrected chi connectivity index (χ2v) is 7.52. The van der Waals surface area contributed by atoms with Crippen molar-refractivity contribution in [1.29, 1.82) is 0 Å². The van der Waals surface area contributed by atoms with Gasteiger partial charge in [0.1, 0.15) is 0 Å². The second-order valence-electron chi connectivity index (χ2n) is 6.23. The van der Waals surface area contributed by atoms with Gasteiger partial charge in [0.25, 0.3) is 0 Å². The monoisotopic (exact) mass is 298 g/mol. The number of rotatable bonds is 7. The lowest BCUT2D eigenvalue weighted by molar-refractivity contribution is -0.139. The summed E-state index contributed by atoms with van der Waals surface area (Å²) in [5.74, 6) is 1.25. The zero-order valence-corrected chi connectivity index (χ0v) is 12.9. The van der Waals surface area contributed by atoms with Gasteiger partial charge < -0.3 is 9.63 Å². The van der Waals surface area contributed by atoms with Gasteiger partial charge >= 0.3 is 5.97 Å². The fourth-order valence-corrected chi connectivity index (χ4v) is 3.72. The van der Waals surface area contributed by atoms with Crippen LogP contribution in [0.15, 0.2) is 4.52 Å². The zero-order chi connectivity index (χ0) is 14.6. The maximum Gasteiger partial charge on any atom is 0.303 e. The van der Waals surface area contributed by atoms with E-state index < -0.39 is 5.97 Å². The van der Waals surface area contributed by atoms with Gasteiger partial charge in [0.2, 0.25) is 5.89 Å². The number of aliphatic carboxylic acids is 1. The molecule has 1 aliphatic rings. The Morgan fingerprint density at radius 3 is 2.80 bits per heavy atom. The number of thioether (sulfide) groups is 1. The third kappa shape index (κ3) is 4.81. The Bertz CT molecular complexity index is 453. The highest BCUT2D eigenvalue weighted by Crippen LogP contribution is 2.31. The zero-order valence-electron chi connectivity index (χ0n) is 12.1. The first-order valence-corrected chi connectivity index (χ1v) is 8.14. The number of hydrogen-bond acceptors (Lipinski definition) is 5. The molecule has 1 aromatic rings. The van der Waals surface area contributed by atoms with Gasteiger partial charge in [-0.15, -0.1) is 0 Å². The van der Waals surface area contributed by atoms with Gasteiger partial charge in [0, 0.05) is 11.7 Å². The third-order valence-electron chi connectivity index (χ3n) is 3.52. The van der Waals surface area contributed by atoms with Gasteiger partial charge in [-0.1, -0.05) is 31.8 Å². The van der Waals surface area contributed by atoms with Crippen LogP contribution >= 0.6 is 11.8 Å². The number of hydrogen-bond donors (Lipinski definition) is 1. The fraction of sp³-hybridized carbons (Fsp3) is 0.786. The van der Waals surface area contributed by atoms with E-state index in [0.29, 0.717) is 12.3 Å². The van der Waals surface area contributed by atoms with E-state index in [-0.39, 0.29) is 11.8 Å². The summed E-state index contributed by atoms with van der Waals surface area (Å²) in [5.41, 5.74) is -0.367. The SMILES string of the molecule is CC(C)(CC(=O)O)Cc1nc(CSC2CCCC2)no1. The summed E-state index contributed by atoms with van der Waals surface area (Å²) in [5, 5.41) is 13.6. The van der Waals surface area contributed by atoms with Crippen LogP contribution < -0.4 is 0 Å². The van der Waals surface area contributed by atoms with Gasteiger partial charge in [0.05, 0.1) is 12.2 Å². The number of nitrogens with zero attached hydrogens (tertiary/aromatic N) is 2. The predicted molar refractivity (Wildman–Crippen MR) is 77.6 cm³/mol. The van der Waals surface area contributed by atoms with Crippen LogP contribution in [0.5, 0.6) is 0 Å². The molecule has 6 heteroatoms. The topological polar surface area (TPSA) is 76.2 Å². The van der Waals surface area contributed by atoms with E-state index >= 15 is 0 Å². The number of aromatic nitrogens is 2. The quantitative estimate of drug-likeness (QED) is 0.832. The minimum absolute atomic E-state index is 0.0987. The van der Waals surface area contributed by atoms with Crippen molar-refractivity contribution in [3.8, 4) is 0 Å². The van der Waals surface area contributed by atoms with Crippen molar-refractivity contribution < 1.29 is 14.4 Å². The summed E-state index contributed by atoms with van der Waals surface area (Å²) in [6.45, 7) is 3.80. The standard InChI is InChI=1S/C14H22N2O3S/c1-14(2,8-13(17)18)7-12-15-11(16-19-12)9-20-10-5-3-4-6-10/h10H,3-9H2,1-2H3,(H,17,18). The molecule has 0 aliphatic heterocycles. The van der Waals surface area contributed by atoms with Crippen molar-refractivity contribution in [1.82, 2.24) is 10.1 Å². The maximum atomic E-state index is 10.8. The molecule has 1 heterocycles. The Hall–Kier alpha value is -1.04. The van der Waals surface area contributed by atoms with Crippen molar-refractivity contribution in [2.24, 2.45) is 5.41 Å². The molecule has 2 rings (SSSR count). The normalized spacial score (nSPS) is 16.7. The molecule has 0 unspecified atom stereocenters. The first-order valence-electron chi connectivity index (χ1n) is 7.09. The van der Waals surface area contributed by atoms with Gasteiger partial charge in [-0.05, 0) is 18.3 Å². The largest absolute Gasteiger partial charge is 0.481 e. The van der Waals surface area contributed by atoms with E-state index in [2.05, 4.69) is 10.1 Å². The molecule has 20 heavy (non-hydrogen) atoms. The third-order valence-corrected chi connectivity index (χ3v) is 4.89. The van der Waals surface area contributed by atoms with E-state index in [9.17, 15) is 4.79 Å². The minimum Gasteiger partial charge on any atom is -0.481 e. The highest BCUT2D eigenvalue weighted by atomic mass is 32.2. The summed E-state index contributed by atoms with van der Waals surface area (Å²) in [4.78, 5) is 15.2. The Labute approximate surface area is 123 Å². The lowest BCUT2D eigenvalue weighted by atomic mass is 9.86. The molecule has 0 saturated heterocycles. The van der Waals surface area contributed by atoms with Crippen molar-refractivity contribution in [3.05, 3.63) is 11.7 Å². The van der Waals surface area contributed by atoms with Crippen molar-refractivity contribution in [2.45, 2.75) is 63.4 Å². The number of carbonyl (C=O) groups is 1.